The second kappa shape index (κ2) is 5.03. The lowest BCUT2D eigenvalue weighted by Gasteiger charge is -2.27. The molecule has 2 aromatic heterocycles. The van der Waals surface area contributed by atoms with Crippen LogP contribution in [-0.4, -0.2) is 41.1 Å². The van der Waals surface area contributed by atoms with E-state index >= 15 is 0 Å². The molecular formula is C12H18N6O2. The number of hydrogen-bond donors (Lipinski definition) is 1. The second-order valence-corrected chi connectivity index (χ2v) is 4.75. The van der Waals surface area contributed by atoms with E-state index in [1.165, 1.54) is 4.68 Å². The van der Waals surface area contributed by atoms with Crippen molar-refractivity contribution >= 4 is 5.97 Å². The lowest BCUT2D eigenvalue weighted by atomic mass is 9.93. The fourth-order valence-electron chi connectivity index (χ4n) is 2.40. The van der Waals surface area contributed by atoms with Crippen molar-refractivity contribution in [1.29, 1.82) is 0 Å². The van der Waals surface area contributed by atoms with Gasteiger partial charge in [-0.05, 0) is 36.3 Å². The van der Waals surface area contributed by atoms with E-state index in [-0.39, 0.29) is 0 Å². The minimum absolute atomic E-state index is 0.397. The molecule has 0 spiro atoms. The molecule has 0 saturated carbocycles. The molecule has 108 valence electrons. The molecule has 0 fully saturated rings. The van der Waals surface area contributed by atoms with Crippen molar-refractivity contribution in [3.05, 3.63) is 11.8 Å². The van der Waals surface area contributed by atoms with Crippen LogP contribution < -0.4 is 0 Å². The fraction of sp³-hybridized carbons (Fsp3) is 0.583. The maximum absolute atomic E-state index is 11.7. The second-order valence-electron chi connectivity index (χ2n) is 4.75. The van der Waals surface area contributed by atoms with Crippen LogP contribution in [0.5, 0.6) is 0 Å². The van der Waals surface area contributed by atoms with Crippen molar-refractivity contribution < 1.29 is 9.90 Å². The number of aryl methyl sites for hydroxylation is 2. The number of aliphatic carboxylic acids is 1. The zero-order chi connectivity index (χ0) is 14.9. The number of hydrogen-bond acceptors (Lipinski definition) is 5. The van der Waals surface area contributed by atoms with Crippen LogP contribution in [0.15, 0.2) is 6.07 Å². The van der Waals surface area contributed by atoms with Crippen LogP contribution in [-0.2, 0) is 17.4 Å². The highest BCUT2D eigenvalue weighted by atomic mass is 16.4. The van der Waals surface area contributed by atoms with Gasteiger partial charge < -0.3 is 5.11 Å². The Labute approximate surface area is 116 Å². The van der Waals surface area contributed by atoms with Crippen LogP contribution in [0.3, 0.4) is 0 Å². The fourth-order valence-corrected chi connectivity index (χ4v) is 2.40. The van der Waals surface area contributed by atoms with Gasteiger partial charge in [0.05, 0.1) is 5.69 Å². The van der Waals surface area contributed by atoms with Gasteiger partial charge in [0.15, 0.2) is 5.54 Å². The van der Waals surface area contributed by atoms with E-state index in [0.717, 1.165) is 5.69 Å². The minimum Gasteiger partial charge on any atom is -0.479 e. The van der Waals surface area contributed by atoms with Crippen molar-refractivity contribution in [3.8, 4) is 11.5 Å². The number of rotatable bonds is 5. The summed E-state index contributed by atoms with van der Waals surface area (Å²) in [5.74, 6) is -0.519. The van der Waals surface area contributed by atoms with E-state index in [0.29, 0.717) is 24.4 Å². The molecule has 0 aromatic carbocycles. The van der Waals surface area contributed by atoms with Crippen LogP contribution >= 0.6 is 0 Å². The first-order valence-corrected chi connectivity index (χ1v) is 6.49. The first-order valence-electron chi connectivity index (χ1n) is 6.49. The molecule has 2 rings (SSSR count). The molecular weight excluding hydrogens is 260 g/mol. The highest BCUT2D eigenvalue weighted by Crippen LogP contribution is 2.29. The molecule has 8 nitrogen and oxygen atoms in total. The van der Waals surface area contributed by atoms with E-state index in [4.69, 9.17) is 0 Å². The summed E-state index contributed by atoms with van der Waals surface area (Å²) in [7, 11) is 1.78. The molecule has 8 heteroatoms. The van der Waals surface area contributed by atoms with Gasteiger partial charge >= 0.3 is 5.97 Å². The SMILES string of the molecule is CCC(CC)(C(=O)O)n1nnnc1-c1cc(C)nn1C. The first kappa shape index (κ1) is 14.2. The number of aromatic nitrogens is 6. The molecule has 1 N–H and O–H groups in total. The quantitative estimate of drug-likeness (QED) is 0.875. The summed E-state index contributed by atoms with van der Waals surface area (Å²) in [4.78, 5) is 11.7. The maximum atomic E-state index is 11.7. The Morgan fingerprint density at radius 1 is 1.40 bits per heavy atom. The van der Waals surface area contributed by atoms with Crippen molar-refractivity contribution in [2.24, 2.45) is 7.05 Å². The van der Waals surface area contributed by atoms with E-state index in [2.05, 4.69) is 20.6 Å². The predicted molar refractivity (Wildman–Crippen MR) is 70.9 cm³/mol. The highest BCUT2D eigenvalue weighted by Gasteiger charge is 2.41. The Morgan fingerprint density at radius 2 is 2.05 bits per heavy atom. The van der Waals surface area contributed by atoms with Gasteiger partial charge in [0.25, 0.3) is 0 Å². The average molecular weight is 278 g/mol. The Bertz CT molecular complexity index is 626. The van der Waals surface area contributed by atoms with Crippen molar-refractivity contribution in [3.63, 3.8) is 0 Å². The zero-order valence-electron chi connectivity index (χ0n) is 12.0. The van der Waals surface area contributed by atoms with E-state index < -0.39 is 11.5 Å². The predicted octanol–water partition coefficient (Wildman–Crippen LogP) is 0.982. The molecule has 2 heterocycles. The number of carboxylic acid groups (broad SMARTS) is 1. The number of nitrogens with zero attached hydrogens (tertiary/aromatic N) is 6. The lowest BCUT2D eigenvalue weighted by molar-refractivity contribution is -0.148. The van der Waals surface area contributed by atoms with E-state index in [9.17, 15) is 9.90 Å². The van der Waals surface area contributed by atoms with Gasteiger partial charge in [0, 0.05) is 7.05 Å². The maximum Gasteiger partial charge on any atom is 0.331 e. The highest BCUT2D eigenvalue weighted by molar-refractivity contribution is 5.77. The molecule has 0 aliphatic carbocycles. The summed E-state index contributed by atoms with van der Waals surface area (Å²) in [6, 6.07) is 1.83. The Balaban J connectivity index is 2.63. The van der Waals surface area contributed by atoms with Gasteiger partial charge in [-0.15, -0.1) is 5.10 Å². The molecule has 0 aliphatic heterocycles. The summed E-state index contributed by atoms with van der Waals surface area (Å²) in [5, 5.41) is 25.4. The van der Waals surface area contributed by atoms with Crippen molar-refractivity contribution in [2.75, 3.05) is 0 Å². The van der Waals surface area contributed by atoms with Gasteiger partial charge in [-0.25, -0.2) is 9.48 Å². The Hall–Kier alpha value is -2.25. The molecule has 0 unspecified atom stereocenters. The number of carboxylic acids is 1. The average Bonchev–Trinajstić information content (AvgIpc) is 2.98. The number of carbonyl (C=O) groups is 1. The third kappa shape index (κ3) is 1.97. The van der Waals surface area contributed by atoms with Gasteiger partial charge in [-0.1, -0.05) is 13.8 Å². The Morgan fingerprint density at radius 3 is 2.50 bits per heavy atom. The molecule has 20 heavy (non-hydrogen) atoms. The van der Waals surface area contributed by atoms with Crippen LogP contribution in [0.25, 0.3) is 11.5 Å². The smallest absolute Gasteiger partial charge is 0.331 e. The topological polar surface area (TPSA) is 98.7 Å². The lowest BCUT2D eigenvalue weighted by Crippen LogP contribution is -2.42. The molecule has 0 bridgehead atoms. The van der Waals surface area contributed by atoms with E-state index in [1.807, 2.05) is 26.8 Å². The third-order valence-corrected chi connectivity index (χ3v) is 3.67. The first-order chi connectivity index (χ1) is 9.46. The molecule has 0 aliphatic rings. The summed E-state index contributed by atoms with van der Waals surface area (Å²) < 4.78 is 3.04. The largest absolute Gasteiger partial charge is 0.479 e. The van der Waals surface area contributed by atoms with Crippen molar-refractivity contribution in [1.82, 2.24) is 30.0 Å². The normalized spacial score (nSPS) is 11.8. The van der Waals surface area contributed by atoms with Crippen molar-refractivity contribution in [2.45, 2.75) is 39.2 Å². The van der Waals surface area contributed by atoms with Crippen LogP contribution in [0.2, 0.25) is 0 Å². The molecule has 0 radical (unpaired) electrons. The zero-order valence-corrected chi connectivity index (χ0v) is 12.0. The van der Waals surface area contributed by atoms with Gasteiger partial charge in [0.2, 0.25) is 5.82 Å². The molecule has 0 amide bonds. The number of tetrazole rings is 1. The van der Waals surface area contributed by atoms with Crippen LogP contribution in [0.1, 0.15) is 32.4 Å². The standard InChI is InChI=1S/C12H18N6O2/c1-5-12(6-2,11(19)20)18-10(13-15-16-18)9-7-8(3)14-17(9)4/h7H,5-6H2,1-4H3,(H,19,20). The minimum atomic E-state index is -1.14. The molecule has 0 saturated heterocycles. The summed E-state index contributed by atoms with van der Waals surface area (Å²) >= 11 is 0. The Kier molecular flexibility index (Phi) is 3.56. The summed E-state index contributed by atoms with van der Waals surface area (Å²) in [6.45, 7) is 5.50. The van der Waals surface area contributed by atoms with E-state index in [1.54, 1.807) is 11.7 Å². The van der Waals surface area contributed by atoms with Gasteiger partial charge in [-0.3, -0.25) is 4.68 Å². The summed E-state index contributed by atoms with van der Waals surface area (Å²) in [6.07, 6.45) is 0.793. The van der Waals surface area contributed by atoms with Crippen LogP contribution in [0.4, 0.5) is 0 Å². The van der Waals surface area contributed by atoms with Gasteiger partial charge in [-0.2, -0.15) is 5.10 Å². The van der Waals surface area contributed by atoms with Gasteiger partial charge in [0.1, 0.15) is 5.69 Å². The third-order valence-electron chi connectivity index (χ3n) is 3.67. The summed E-state index contributed by atoms with van der Waals surface area (Å²) in [5.41, 5.74) is 0.378. The molecule has 0 atom stereocenters. The molecule has 2 aromatic rings. The van der Waals surface area contributed by atoms with Crippen LogP contribution in [0, 0.1) is 6.92 Å². The monoisotopic (exact) mass is 278 g/mol.